The molecule has 0 bridgehead atoms. The zero-order valence-electron chi connectivity index (χ0n) is 41.0. The number of rotatable bonds is 16. The fourth-order valence-electron chi connectivity index (χ4n) is 11.1. The summed E-state index contributed by atoms with van der Waals surface area (Å²) < 4.78 is 51.9. The summed E-state index contributed by atoms with van der Waals surface area (Å²) >= 11 is 0.857. The van der Waals surface area contributed by atoms with Gasteiger partial charge in [-0.15, -0.1) is 0 Å². The molecule has 2 unspecified atom stereocenters. The summed E-state index contributed by atoms with van der Waals surface area (Å²) in [4.78, 5) is 30.2. The summed E-state index contributed by atoms with van der Waals surface area (Å²) in [7, 11) is -4.68. The molecule has 1 N–H and O–H groups in total. The predicted molar refractivity (Wildman–Crippen MR) is 276 cm³/mol. The first-order valence-corrected chi connectivity index (χ1v) is 26.0. The molecule has 15 heteroatoms. The molecule has 2 heterocycles. The Labute approximate surface area is 424 Å². The van der Waals surface area contributed by atoms with Gasteiger partial charge in [0.15, 0.2) is 0 Å². The lowest BCUT2D eigenvalue weighted by Gasteiger charge is -2.30. The first-order chi connectivity index (χ1) is 34.5. The molecule has 372 valence electrons. The summed E-state index contributed by atoms with van der Waals surface area (Å²) in [5.74, 6) is -0.711. The van der Waals surface area contributed by atoms with E-state index in [4.69, 9.17) is 9.47 Å². The van der Waals surface area contributed by atoms with Gasteiger partial charge in [-0.05, 0) is 138 Å². The van der Waals surface area contributed by atoms with Gasteiger partial charge in [0.05, 0.1) is 34.6 Å². The Balaban J connectivity index is 1.19. The number of ether oxygens (including phenoxy) is 2. The number of hydrogen-bond donors (Lipinski definition) is 1. The summed E-state index contributed by atoms with van der Waals surface area (Å²) in [6, 6.07) is 39.0. The van der Waals surface area contributed by atoms with Gasteiger partial charge < -0.3 is 29.1 Å². The molecule has 9 rings (SSSR count). The van der Waals surface area contributed by atoms with Crippen molar-refractivity contribution in [2.45, 2.75) is 81.0 Å². The van der Waals surface area contributed by atoms with Crippen LogP contribution in [-0.4, -0.2) is 57.3 Å². The van der Waals surface area contributed by atoms with E-state index < -0.39 is 20.9 Å². The Morgan fingerprint density at radius 2 is 1.43 bits per heavy atom. The molecule has 6 aromatic carbocycles. The van der Waals surface area contributed by atoms with Crippen molar-refractivity contribution in [1.29, 1.82) is 0 Å². The largest absolute Gasteiger partial charge is 0.744 e. The number of esters is 2. The monoisotopic (exact) mass is 1010 g/mol. The number of allylic oxidation sites excluding steroid dienone is 6. The van der Waals surface area contributed by atoms with Gasteiger partial charge in [0.1, 0.15) is 41.6 Å². The third kappa shape index (κ3) is 9.85. The van der Waals surface area contributed by atoms with Gasteiger partial charge in [0.2, 0.25) is 0 Å². The molecule has 0 saturated carbocycles. The van der Waals surface area contributed by atoms with Gasteiger partial charge in [-0.3, -0.25) is 19.5 Å². The smallest absolute Gasteiger partial charge is 0.302 e. The number of quaternary nitrogens is 1. The minimum atomic E-state index is -4.68. The van der Waals surface area contributed by atoms with Crippen molar-refractivity contribution in [3.8, 4) is 0 Å². The maximum Gasteiger partial charge on any atom is 0.302 e. The van der Waals surface area contributed by atoms with Crippen LogP contribution in [0.1, 0.15) is 65.5 Å². The summed E-state index contributed by atoms with van der Waals surface area (Å²) in [5, 5.41) is 17.8. The second-order valence-corrected chi connectivity index (χ2v) is 21.5. The third-order valence-electron chi connectivity index (χ3n) is 14.2. The highest BCUT2D eigenvalue weighted by Gasteiger charge is 2.49. The van der Waals surface area contributed by atoms with Crippen LogP contribution in [0, 0.1) is 0 Å². The highest BCUT2D eigenvalue weighted by atomic mass is 32.2. The molecule has 0 spiro atoms. The van der Waals surface area contributed by atoms with Crippen molar-refractivity contribution in [3.63, 3.8) is 0 Å². The number of benzene rings is 6. The molecule has 0 radical (unpaired) electrons. The Morgan fingerprint density at radius 1 is 0.792 bits per heavy atom. The van der Waals surface area contributed by atoms with Crippen LogP contribution in [0.4, 0.5) is 22.7 Å². The summed E-state index contributed by atoms with van der Waals surface area (Å²) in [6.07, 6.45) is 10.5. The first kappa shape index (κ1) is 50.4. The van der Waals surface area contributed by atoms with Crippen LogP contribution in [-0.2, 0) is 49.4 Å². The van der Waals surface area contributed by atoms with Crippen molar-refractivity contribution in [2.24, 2.45) is 0 Å². The van der Waals surface area contributed by atoms with E-state index in [1.54, 1.807) is 6.07 Å². The number of nitrogens with zero attached hydrogens (tertiary/aromatic N) is 2. The predicted octanol–water partition coefficient (Wildman–Crippen LogP) is 9.48. The second kappa shape index (κ2) is 20.5. The zero-order valence-corrected chi connectivity index (χ0v) is 42.6. The SMILES string of the molecule is CC(=O)OCCN1/C(=C/C=C2\CCC(/C=C/C3[NH+](CCOC(C)=O)c4ccc5cc(SOO[O-])ccc5c4C3(C)C)=C2N(c2ccccc2)c2ccccc2)C(C)(C)c2c1ccc1cc(S(=O)(=O)[O-])ccc21. The van der Waals surface area contributed by atoms with Crippen LogP contribution in [0.25, 0.3) is 21.5 Å². The van der Waals surface area contributed by atoms with Gasteiger partial charge in [-0.25, -0.2) is 8.42 Å². The molecular formula is C57H56N3O10S2-. The molecule has 0 saturated heterocycles. The summed E-state index contributed by atoms with van der Waals surface area (Å²) in [5.41, 5.74) is 9.41. The lowest BCUT2D eigenvalue weighted by molar-refractivity contribution is -0.850. The van der Waals surface area contributed by atoms with Crippen molar-refractivity contribution in [1.82, 2.24) is 0 Å². The topological polar surface area (TPSA) is 162 Å². The molecule has 0 amide bonds. The first-order valence-electron chi connectivity index (χ1n) is 23.9. The van der Waals surface area contributed by atoms with Crippen LogP contribution in [0.2, 0.25) is 0 Å². The molecule has 0 aromatic heterocycles. The molecule has 13 nitrogen and oxygen atoms in total. The molecule has 2 aliphatic heterocycles. The van der Waals surface area contributed by atoms with Gasteiger partial charge in [0.25, 0.3) is 0 Å². The minimum Gasteiger partial charge on any atom is -0.744 e. The molecule has 2 atom stereocenters. The van der Waals surface area contributed by atoms with Crippen molar-refractivity contribution < 1.29 is 51.6 Å². The fourth-order valence-corrected chi connectivity index (χ4v) is 12.0. The average Bonchev–Trinajstić information content (AvgIpc) is 3.92. The fraction of sp³-hybridized carbons (Fsp3) is 0.263. The van der Waals surface area contributed by atoms with E-state index in [1.807, 2.05) is 60.7 Å². The van der Waals surface area contributed by atoms with Crippen molar-refractivity contribution in [2.75, 3.05) is 36.1 Å². The Hall–Kier alpha value is -6.56. The van der Waals surface area contributed by atoms with Gasteiger partial charge in [-0.1, -0.05) is 80.6 Å². The highest BCUT2D eigenvalue weighted by molar-refractivity contribution is 7.94. The molecule has 6 aromatic rings. The van der Waals surface area contributed by atoms with Gasteiger partial charge in [0, 0.05) is 58.5 Å². The number of hydrogen-bond acceptors (Lipinski definition) is 13. The van der Waals surface area contributed by atoms with E-state index in [0.717, 1.165) is 96.8 Å². The standard InChI is InChI=1S/C57H57N3O10S2/c1-37(61)67-33-31-58-49-27-19-41-35-45(71-70-69-63)23-25-47(41)53(49)56(3,4)51(58)29-21-39-17-18-40(55(39)60(43-13-9-7-10-14-43)44-15-11-8-12-16-44)22-30-52-57(5,6)54-48-26-24-46(72(64,65)66)36-42(48)20-28-50(54)59(52)32-34-68-38(2)62/h7-16,19-30,35-36,51,63H,17-18,31-34H2,1-6H3,(H,64,65,66)/p-1/b29-21+,40-22+,52-30+. The lowest BCUT2D eigenvalue weighted by Crippen LogP contribution is -3.11. The highest BCUT2D eigenvalue weighted by Crippen LogP contribution is 2.52. The van der Waals surface area contributed by atoms with Crippen molar-refractivity contribution in [3.05, 3.63) is 179 Å². The minimum absolute atomic E-state index is 0.0751. The normalized spacial score (nSPS) is 19.2. The Bertz CT molecular complexity index is 3270. The molecule has 0 fully saturated rings. The third-order valence-corrected chi connectivity index (χ3v) is 15.6. The quantitative estimate of drug-likeness (QED) is 0.0321. The number of anilines is 3. The van der Waals surface area contributed by atoms with E-state index in [1.165, 1.54) is 36.4 Å². The molecular weight excluding hydrogens is 951 g/mol. The van der Waals surface area contributed by atoms with Crippen LogP contribution in [0.15, 0.2) is 178 Å². The van der Waals surface area contributed by atoms with E-state index in [2.05, 4.69) is 114 Å². The van der Waals surface area contributed by atoms with Gasteiger partial charge in [-0.2, -0.15) is 4.33 Å². The number of carbonyl (C=O) groups is 2. The molecule has 72 heavy (non-hydrogen) atoms. The van der Waals surface area contributed by atoms with E-state index >= 15 is 0 Å². The Morgan fingerprint density at radius 3 is 2.10 bits per heavy atom. The van der Waals surface area contributed by atoms with E-state index in [9.17, 15) is 27.8 Å². The second-order valence-electron chi connectivity index (χ2n) is 19.3. The maximum absolute atomic E-state index is 12.1. The van der Waals surface area contributed by atoms with E-state index in [0.29, 0.717) is 18.5 Å². The molecule has 3 aliphatic rings. The zero-order chi connectivity index (χ0) is 51.0. The number of nitrogens with one attached hydrogen (secondary N) is 1. The number of para-hydroxylation sites is 2. The maximum atomic E-state index is 12.1. The van der Waals surface area contributed by atoms with Crippen LogP contribution in [0.5, 0.6) is 0 Å². The van der Waals surface area contributed by atoms with Crippen LogP contribution in [0.3, 0.4) is 0 Å². The average molecular weight is 1010 g/mol. The van der Waals surface area contributed by atoms with Crippen molar-refractivity contribution >= 4 is 78.4 Å². The van der Waals surface area contributed by atoms with Gasteiger partial charge >= 0.3 is 11.9 Å². The molecule has 1 aliphatic carbocycles. The number of carbonyl (C=O) groups excluding carboxylic acids is 2. The van der Waals surface area contributed by atoms with Crippen LogP contribution < -0.4 is 20.0 Å². The number of fused-ring (bicyclic) bond motifs is 6. The summed E-state index contributed by atoms with van der Waals surface area (Å²) in [6.45, 7) is 12.9. The lowest BCUT2D eigenvalue weighted by atomic mass is 9.78. The van der Waals surface area contributed by atoms with Crippen LogP contribution >= 0.6 is 12.0 Å². The Kier molecular flexibility index (Phi) is 14.4. The van der Waals surface area contributed by atoms with E-state index in [-0.39, 0.29) is 36.1 Å².